The summed E-state index contributed by atoms with van der Waals surface area (Å²) >= 11 is 0. The van der Waals surface area contributed by atoms with Crippen LogP contribution in [-0.4, -0.2) is 35.2 Å². The Bertz CT molecular complexity index is 438. The Morgan fingerprint density at radius 2 is 2.12 bits per heavy atom. The van der Waals surface area contributed by atoms with Crippen molar-refractivity contribution in [3.05, 3.63) is 35.4 Å². The van der Waals surface area contributed by atoms with Crippen LogP contribution in [0.2, 0.25) is 0 Å². The molecule has 1 heterocycles. The highest BCUT2D eigenvalue weighted by Crippen LogP contribution is 2.13. The molecule has 1 aliphatic heterocycles. The summed E-state index contributed by atoms with van der Waals surface area (Å²) in [6, 6.07) is 6.51. The van der Waals surface area contributed by atoms with Crippen LogP contribution < -0.4 is 0 Å². The fourth-order valence-electron chi connectivity index (χ4n) is 1.78. The van der Waals surface area contributed by atoms with Crippen molar-refractivity contribution < 1.29 is 19.5 Å². The number of carboxylic acids is 1. The van der Waals surface area contributed by atoms with Crippen LogP contribution in [0.3, 0.4) is 0 Å². The van der Waals surface area contributed by atoms with E-state index in [9.17, 15) is 9.59 Å². The summed E-state index contributed by atoms with van der Waals surface area (Å²) in [5.74, 6) is -1.22. The number of hydroxylamine groups is 2. The topological polar surface area (TPSA) is 66.8 Å². The van der Waals surface area contributed by atoms with Gasteiger partial charge in [-0.15, -0.1) is 0 Å². The molecular formula is C12H13NO4. The molecule has 1 fully saturated rings. The third-order valence-electron chi connectivity index (χ3n) is 2.62. The van der Waals surface area contributed by atoms with Crippen LogP contribution in [0, 0.1) is 0 Å². The zero-order valence-corrected chi connectivity index (χ0v) is 9.26. The number of carbonyl (C=O) groups is 2. The maximum absolute atomic E-state index is 11.8. The quantitative estimate of drug-likeness (QED) is 0.851. The van der Waals surface area contributed by atoms with Crippen molar-refractivity contribution in [3.63, 3.8) is 0 Å². The molecule has 90 valence electrons. The molecule has 0 atom stereocenters. The lowest BCUT2D eigenvalue weighted by atomic mass is 10.0. The Kier molecular flexibility index (Phi) is 3.39. The number of benzene rings is 1. The van der Waals surface area contributed by atoms with Gasteiger partial charge in [-0.3, -0.25) is 9.63 Å². The Morgan fingerprint density at radius 1 is 1.35 bits per heavy atom. The van der Waals surface area contributed by atoms with Crippen LogP contribution in [0.25, 0.3) is 0 Å². The standard InChI is InChI=1S/C12H13NO4/c14-11(13-6-3-7-17-13)8-9-4-1-2-5-10(9)12(15)16/h1-2,4-5H,3,6-8H2,(H,15,16). The Labute approximate surface area is 98.6 Å². The van der Waals surface area contributed by atoms with E-state index in [0.717, 1.165) is 6.42 Å². The largest absolute Gasteiger partial charge is 0.478 e. The van der Waals surface area contributed by atoms with Crippen molar-refractivity contribution in [2.75, 3.05) is 13.2 Å². The summed E-state index contributed by atoms with van der Waals surface area (Å²) in [6.07, 6.45) is 0.884. The highest BCUT2D eigenvalue weighted by Gasteiger charge is 2.21. The lowest BCUT2D eigenvalue weighted by molar-refractivity contribution is -0.167. The molecule has 5 nitrogen and oxygen atoms in total. The molecule has 0 unspecified atom stereocenters. The summed E-state index contributed by atoms with van der Waals surface area (Å²) in [7, 11) is 0. The fraction of sp³-hybridized carbons (Fsp3) is 0.333. The molecule has 0 aliphatic carbocycles. The molecule has 17 heavy (non-hydrogen) atoms. The van der Waals surface area contributed by atoms with E-state index < -0.39 is 5.97 Å². The molecule has 1 aromatic carbocycles. The van der Waals surface area contributed by atoms with E-state index in [1.807, 2.05) is 0 Å². The van der Waals surface area contributed by atoms with E-state index in [0.29, 0.717) is 18.7 Å². The van der Waals surface area contributed by atoms with Crippen molar-refractivity contribution in [1.29, 1.82) is 0 Å². The van der Waals surface area contributed by atoms with Crippen LogP contribution in [0.1, 0.15) is 22.3 Å². The first-order chi connectivity index (χ1) is 8.18. The zero-order valence-electron chi connectivity index (χ0n) is 9.26. The van der Waals surface area contributed by atoms with Gasteiger partial charge in [0.2, 0.25) is 0 Å². The van der Waals surface area contributed by atoms with Crippen LogP contribution in [-0.2, 0) is 16.1 Å². The Balaban J connectivity index is 2.12. The normalized spacial score (nSPS) is 14.9. The zero-order chi connectivity index (χ0) is 12.3. The molecular weight excluding hydrogens is 222 g/mol. The molecule has 0 aromatic heterocycles. The molecule has 1 aromatic rings. The fourth-order valence-corrected chi connectivity index (χ4v) is 1.78. The van der Waals surface area contributed by atoms with Gasteiger partial charge < -0.3 is 5.11 Å². The Hall–Kier alpha value is -1.88. The highest BCUT2D eigenvalue weighted by molar-refractivity contribution is 5.91. The summed E-state index contributed by atoms with van der Waals surface area (Å²) in [5.41, 5.74) is 0.681. The summed E-state index contributed by atoms with van der Waals surface area (Å²) < 4.78 is 0. The minimum Gasteiger partial charge on any atom is -0.478 e. The van der Waals surface area contributed by atoms with Crippen LogP contribution in [0.15, 0.2) is 24.3 Å². The molecule has 0 spiro atoms. The van der Waals surface area contributed by atoms with Gasteiger partial charge in [-0.25, -0.2) is 9.86 Å². The molecule has 1 saturated heterocycles. The third kappa shape index (κ3) is 2.62. The maximum atomic E-state index is 11.8. The molecule has 2 rings (SSSR count). The van der Waals surface area contributed by atoms with Gasteiger partial charge in [0, 0.05) is 0 Å². The van der Waals surface area contributed by atoms with Gasteiger partial charge in [0.1, 0.15) is 0 Å². The second kappa shape index (κ2) is 4.97. The highest BCUT2D eigenvalue weighted by atomic mass is 16.7. The van der Waals surface area contributed by atoms with Gasteiger partial charge in [-0.1, -0.05) is 18.2 Å². The number of carboxylic acid groups (broad SMARTS) is 1. The smallest absolute Gasteiger partial charge is 0.335 e. The van der Waals surface area contributed by atoms with Gasteiger partial charge in [-0.2, -0.15) is 0 Å². The van der Waals surface area contributed by atoms with Crippen LogP contribution in [0.5, 0.6) is 0 Å². The molecule has 5 heteroatoms. The Morgan fingerprint density at radius 3 is 2.76 bits per heavy atom. The van der Waals surface area contributed by atoms with E-state index >= 15 is 0 Å². The molecule has 0 saturated carbocycles. The molecule has 1 aliphatic rings. The van der Waals surface area contributed by atoms with E-state index in [1.54, 1.807) is 18.2 Å². The predicted octanol–water partition coefficient (Wildman–Crippen LogP) is 1.09. The minimum atomic E-state index is -1.02. The molecule has 0 radical (unpaired) electrons. The number of nitrogens with zero attached hydrogens (tertiary/aromatic N) is 1. The predicted molar refractivity (Wildman–Crippen MR) is 59.4 cm³/mol. The number of hydrogen-bond acceptors (Lipinski definition) is 3. The third-order valence-corrected chi connectivity index (χ3v) is 2.62. The lowest BCUT2D eigenvalue weighted by Crippen LogP contribution is -2.28. The van der Waals surface area contributed by atoms with Crippen molar-refractivity contribution in [3.8, 4) is 0 Å². The second-order valence-electron chi connectivity index (χ2n) is 3.82. The molecule has 1 N–H and O–H groups in total. The van der Waals surface area contributed by atoms with Gasteiger partial charge >= 0.3 is 5.97 Å². The average molecular weight is 235 g/mol. The van der Waals surface area contributed by atoms with Gasteiger partial charge in [-0.05, 0) is 18.1 Å². The van der Waals surface area contributed by atoms with Gasteiger partial charge in [0.25, 0.3) is 5.91 Å². The number of carbonyl (C=O) groups excluding carboxylic acids is 1. The summed E-state index contributed by atoms with van der Waals surface area (Å²) in [5, 5.41) is 10.3. The van der Waals surface area contributed by atoms with Gasteiger partial charge in [0.05, 0.1) is 25.1 Å². The lowest BCUT2D eigenvalue weighted by Gasteiger charge is -2.14. The summed E-state index contributed by atoms with van der Waals surface area (Å²) in [4.78, 5) is 27.9. The van der Waals surface area contributed by atoms with Gasteiger partial charge in [0.15, 0.2) is 0 Å². The van der Waals surface area contributed by atoms with E-state index in [2.05, 4.69) is 0 Å². The van der Waals surface area contributed by atoms with E-state index in [4.69, 9.17) is 9.94 Å². The first-order valence-electron chi connectivity index (χ1n) is 5.43. The number of aromatic carboxylic acids is 1. The number of hydrogen-bond donors (Lipinski definition) is 1. The van der Waals surface area contributed by atoms with Crippen molar-refractivity contribution >= 4 is 11.9 Å². The van der Waals surface area contributed by atoms with Crippen molar-refractivity contribution in [2.45, 2.75) is 12.8 Å². The second-order valence-corrected chi connectivity index (χ2v) is 3.82. The van der Waals surface area contributed by atoms with Crippen LogP contribution in [0.4, 0.5) is 0 Å². The monoisotopic (exact) mass is 235 g/mol. The maximum Gasteiger partial charge on any atom is 0.335 e. The number of amides is 1. The van der Waals surface area contributed by atoms with Crippen molar-refractivity contribution in [1.82, 2.24) is 5.06 Å². The molecule has 0 bridgehead atoms. The first kappa shape index (κ1) is 11.6. The number of rotatable bonds is 3. The van der Waals surface area contributed by atoms with Crippen LogP contribution >= 0.6 is 0 Å². The minimum absolute atomic E-state index is 0.0580. The average Bonchev–Trinajstić information content (AvgIpc) is 2.83. The summed E-state index contributed by atoms with van der Waals surface area (Å²) in [6.45, 7) is 1.13. The van der Waals surface area contributed by atoms with E-state index in [-0.39, 0.29) is 17.9 Å². The first-order valence-corrected chi connectivity index (χ1v) is 5.43. The molecule has 1 amide bonds. The van der Waals surface area contributed by atoms with Crippen molar-refractivity contribution in [2.24, 2.45) is 0 Å². The SMILES string of the molecule is O=C(O)c1ccccc1CC(=O)N1CCCO1. The van der Waals surface area contributed by atoms with E-state index in [1.165, 1.54) is 11.1 Å².